The fourth-order valence-corrected chi connectivity index (χ4v) is 4.40. The van der Waals surface area contributed by atoms with Gasteiger partial charge in [-0.05, 0) is 32.0 Å². The molecule has 0 fully saturated rings. The molecule has 5 aromatic heterocycles. The third-order valence-electron chi connectivity index (χ3n) is 6.29. The zero-order valence-electron chi connectivity index (χ0n) is 21.6. The minimum Gasteiger partial charge on any atom is -0.361 e. The molecule has 0 aliphatic heterocycles. The smallest absolute Gasteiger partial charge is 0.361 e. The van der Waals surface area contributed by atoms with Gasteiger partial charge in [0, 0.05) is 24.9 Å². The summed E-state index contributed by atoms with van der Waals surface area (Å²) in [5, 5.41) is 5.73. The SMILES string of the molecule is Cc1cc(Cn2c(=O)c3c(ncn3[C@@H](C)C(=O)Nc3cccc(-c4cnc(Cl)c(C(F)(F)F)c4)n3)n(C)c2=O)no1. The monoisotopic (exact) mass is 588 g/mol. The first-order valence-corrected chi connectivity index (χ1v) is 12.3. The third kappa shape index (κ3) is 5.23. The van der Waals surface area contributed by atoms with Crippen LogP contribution in [0.5, 0.6) is 0 Å². The van der Waals surface area contributed by atoms with Crippen LogP contribution in [0, 0.1) is 6.92 Å². The van der Waals surface area contributed by atoms with E-state index in [0.29, 0.717) is 11.5 Å². The number of imidazole rings is 1. The lowest BCUT2D eigenvalue weighted by Gasteiger charge is -2.15. The van der Waals surface area contributed by atoms with Crippen LogP contribution in [0.15, 0.2) is 57.0 Å². The number of alkyl halides is 3. The van der Waals surface area contributed by atoms with Gasteiger partial charge in [0.1, 0.15) is 28.5 Å². The van der Waals surface area contributed by atoms with Crippen molar-refractivity contribution in [3.05, 3.63) is 85.9 Å². The highest BCUT2D eigenvalue weighted by Crippen LogP contribution is 2.35. The number of amides is 1. The first kappa shape index (κ1) is 27.8. The van der Waals surface area contributed by atoms with Gasteiger partial charge in [-0.2, -0.15) is 13.2 Å². The van der Waals surface area contributed by atoms with Crippen molar-refractivity contribution in [2.45, 2.75) is 32.6 Å². The summed E-state index contributed by atoms with van der Waals surface area (Å²) in [6.45, 7) is 3.03. The predicted molar refractivity (Wildman–Crippen MR) is 140 cm³/mol. The first-order valence-electron chi connectivity index (χ1n) is 11.9. The van der Waals surface area contributed by atoms with Crippen LogP contribution in [0.1, 0.15) is 30.0 Å². The molecule has 1 N–H and O–H groups in total. The second-order valence-electron chi connectivity index (χ2n) is 9.12. The van der Waals surface area contributed by atoms with Gasteiger partial charge in [-0.3, -0.25) is 18.7 Å². The van der Waals surface area contributed by atoms with E-state index in [1.54, 1.807) is 13.0 Å². The summed E-state index contributed by atoms with van der Waals surface area (Å²) in [7, 11) is 1.45. The van der Waals surface area contributed by atoms with Crippen LogP contribution in [0.4, 0.5) is 19.0 Å². The Hall–Kier alpha value is -4.79. The van der Waals surface area contributed by atoms with Crippen LogP contribution in [-0.2, 0) is 24.6 Å². The van der Waals surface area contributed by atoms with Gasteiger partial charge in [-0.15, -0.1) is 0 Å². The van der Waals surface area contributed by atoms with Gasteiger partial charge in [0.25, 0.3) is 5.56 Å². The number of nitrogens with one attached hydrogen (secondary N) is 1. The van der Waals surface area contributed by atoms with Crippen LogP contribution in [0.25, 0.3) is 22.4 Å². The highest BCUT2D eigenvalue weighted by Gasteiger charge is 2.34. The molecule has 5 aromatic rings. The van der Waals surface area contributed by atoms with Crippen LogP contribution in [0.2, 0.25) is 5.15 Å². The number of aryl methyl sites for hydroxylation is 2. The Morgan fingerprint density at radius 2 is 1.95 bits per heavy atom. The fourth-order valence-electron chi connectivity index (χ4n) is 4.19. The molecule has 0 aliphatic carbocycles. The maximum absolute atomic E-state index is 13.4. The van der Waals surface area contributed by atoms with E-state index >= 15 is 0 Å². The summed E-state index contributed by atoms with van der Waals surface area (Å²) < 4.78 is 48.3. The van der Waals surface area contributed by atoms with E-state index in [-0.39, 0.29) is 34.8 Å². The van der Waals surface area contributed by atoms with Crippen molar-refractivity contribution in [1.29, 1.82) is 0 Å². The third-order valence-corrected chi connectivity index (χ3v) is 6.59. The average molecular weight is 589 g/mol. The van der Waals surface area contributed by atoms with Crippen LogP contribution >= 0.6 is 11.6 Å². The molecule has 41 heavy (non-hydrogen) atoms. The molecule has 0 saturated carbocycles. The number of hydrogen-bond acceptors (Lipinski definition) is 8. The Labute approximate surface area is 233 Å². The summed E-state index contributed by atoms with van der Waals surface area (Å²) >= 11 is 5.61. The normalized spacial score (nSPS) is 12.6. The zero-order valence-corrected chi connectivity index (χ0v) is 22.4. The minimum atomic E-state index is -4.72. The molecule has 5 rings (SSSR count). The van der Waals surface area contributed by atoms with Crippen molar-refractivity contribution in [3.63, 3.8) is 0 Å². The molecule has 0 saturated heterocycles. The number of aromatic nitrogens is 7. The fraction of sp³-hybridized carbons (Fsp3) is 0.240. The summed E-state index contributed by atoms with van der Waals surface area (Å²) in [4.78, 5) is 51.5. The van der Waals surface area contributed by atoms with Crippen molar-refractivity contribution in [1.82, 2.24) is 33.8 Å². The maximum atomic E-state index is 13.4. The summed E-state index contributed by atoms with van der Waals surface area (Å²) in [5.41, 5.74) is -1.84. The van der Waals surface area contributed by atoms with E-state index in [1.165, 1.54) is 47.6 Å². The second kappa shape index (κ2) is 10.3. The molecular formula is C25H20ClF3N8O4. The van der Waals surface area contributed by atoms with E-state index in [4.69, 9.17) is 16.1 Å². The number of carbonyl (C=O) groups excluding carboxylic acids is 1. The quantitative estimate of drug-likeness (QED) is 0.297. The standard InChI is InChI=1S/C25H20ClF3N8O4/c1-12-7-15(34-41-12)10-36-23(39)19-21(35(3)24(36)40)31-11-37(19)13(2)22(38)33-18-6-4-5-17(32-18)14-8-16(25(27,28)29)20(26)30-9-14/h4-9,11,13H,10H2,1-3H3,(H,32,33,38)/t13-/m0/s1. The van der Waals surface area contributed by atoms with Crippen LogP contribution in [0.3, 0.4) is 0 Å². The second-order valence-corrected chi connectivity index (χ2v) is 9.48. The van der Waals surface area contributed by atoms with Gasteiger partial charge in [-0.1, -0.05) is 22.8 Å². The molecule has 5 heterocycles. The lowest BCUT2D eigenvalue weighted by Crippen LogP contribution is -2.40. The maximum Gasteiger partial charge on any atom is 0.419 e. The molecule has 0 aliphatic rings. The van der Waals surface area contributed by atoms with Crippen molar-refractivity contribution in [2.24, 2.45) is 7.05 Å². The first-order chi connectivity index (χ1) is 19.3. The number of pyridine rings is 2. The molecule has 0 spiro atoms. The predicted octanol–water partition coefficient (Wildman–Crippen LogP) is 3.57. The lowest BCUT2D eigenvalue weighted by molar-refractivity contribution is -0.137. The molecule has 212 valence electrons. The number of fused-ring (bicyclic) bond motifs is 1. The van der Waals surface area contributed by atoms with Crippen molar-refractivity contribution in [3.8, 4) is 11.3 Å². The van der Waals surface area contributed by atoms with E-state index in [1.807, 2.05) is 0 Å². The van der Waals surface area contributed by atoms with E-state index in [2.05, 4.69) is 25.4 Å². The Morgan fingerprint density at radius 3 is 2.63 bits per heavy atom. The number of anilines is 1. The number of carbonyl (C=O) groups is 1. The molecule has 16 heteroatoms. The zero-order chi connectivity index (χ0) is 29.6. The van der Waals surface area contributed by atoms with Gasteiger partial charge >= 0.3 is 11.9 Å². The molecule has 12 nitrogen and oxygen atoms in total. The summed E-state index contributed by atoms with van der Waals surface area (Å²) in [6.07, 6.45) is -2.31. The van der Waals surface area contributed by atoms with Gasteiger partial charge in [-0.25, -0.2) is 19.7 Å². The number of halogens is 4. The molecule has 1 amide bonds. The highest BCUT2D eigenvalue weighted by molar-refractivity contribution is 6.30. The van der Waals surface area contributed by atoms with Crippen molar-refractivity contribution >= 4 is 34.5 Å². The Balaban J connectivity index is 1.45. The number of rotatable bonds is 6. The Kier molecular flexibility index (Phi) is 6.98. The lowest BCUT2D eigenvalue weighted by atomic mass is 10.1. The van der Waals surface area contributed by atoms with Crippen molar-refractivity contribution < 1.29 is 22.5 Å². The van der Waals surface area contributed by atoms with Crippen LogP contribution in [-0.4, -0.2) is 39.7 Å². The molecule has 1 atom stereocenters. The van der Waals surface area contributed by atoms with E-state index in [9.17, 15) is 27.6 Å². The van der Waals surface area contributed by atoms with E-state index < -0.39 is 40.1 Å². The van der Waals surface area contributed by atoms with Gasteiger partial charge < -0.3 is 14.4 Å². The molecule has 0 radical (unpaired) electrons. The average Bonchev–Trinajstić information content (AvgIpc) is 3.55. The van der Waals surface area contributed by atoms with E-state index in [0.717, 1.165) is 16.8 Å². The molecular weight excluding hydrogens is 569 g/mol. The number of hydrogen-bond donors (Lipinski definition) is 1. The summed E-state index contributed by atoms with van der Waals surface area (Å²) in [6, 6.07) is 5.80. The minimum absolute atomic E-state index is 0.00333. The topological polar surface area (TPSA) is 143 Å². The molecule has 0 unspecified atom stereocenters. The van der Waals surface area contributed by atoms with Gasteiger partial charge in [0.05, 0.1) is 24.1 Å². The largest absolute Gasteiger partial charge is 0.419 e. The number of nitrogens with zero attached hydrogens (tertiary/aromatic N) is 7. The van der Waals surface area contributed by atoms with Crippen molar-refractivity contribution in [2.75, 3.05) is 5.32 Å². The Morgan fingerprint density at radius 1 is 1.20 bits per heavy atom. The molecule has 0 bridgehead atoms. The van der Waals surface area contributed by atoms with Gasteiger partial charge in [0.15, 0.2) is 11.2 Å². The summed E-state index contributed by atoms with van der Waals surface area (Å²) in [5.74, 6) is -0.0586. The van der Waals surface area contributed by atoms with Crippen LogP contribution < -0.4 is 16.6 Å². The Bertz CT molecular complexity index is 1920. The van der Waals surface area contributed by atoms with Gasteiger partial charge in [0.2, 0.25) is 5.91 Å². The molecule has 0 aromatic carbocycles. The highest BCUT2D eigenvalue weighted by atomic mass is 35.5.